The predicted molar refractivity (Wildman–Crippen MR) is 504 cm³/mol. The van der Waals surface area contributed by atoms with Gasteiger partial charge in [-0.15, -0.1) is 13.2 Å². The van der Waals surface area contributed by atoms with Crippen LogP contribution in [0.5, 0.6) is 51.7 Å². The first-order valence-corrected chi connectivity index (χ1v) is 46.6. The number of carbonyl (C=O) groups is 9. The van der Waals surface area contributed by atoms with E-state index in [9.17, 15) is 103 Å². The van der Waals surface area contributed by atoms with Crippen LogP contribution in [-0.4, -0.2) is 279 Å². The molecule has 7 aliphatic heterocycles. The van der Waals surface area contributed by atoms with Gasteiger partial charge in [0.2, 0.25) is 53.9 Å². The Morgan fingerprint density at radius 2 is 1.36 bits per heavy atom. The number of phenols is 3. The molecule has 2 aromatic heterocycles. The summed E-state index contributed by atoms with van der Waals surface area (Å²) in [5.41, 5.74) is 7.88. The van der Waals surface area contributed by atoms with Crippen LogP contribution in [0, 0.1) is 5.92 Å². The molecule has 9 bridgehead atoms. The highest BCUT2D eigenvalue weighted by Crippen LogP contribution is 2.51. The molecule has 786 valence electrons. The normalized spacial score (nSPS) is 26.9. The van der Waals surface area contributed by atoms with E-state index in [1.165, 1.54) is 64.3 Å². The van der Waals surface area contributed by atoms with Gasteiger partial charge >= 0.3 is 18.0 Å². The lowest BCUT2D eigenvalue weighted by atomic mass is 9.86. The van der Waals surface area contributed by atoms with E-state index in [0.29, 0.717) is 6.42 Å². The number of aromatic nitrogens is 3. The van der Waals surface area contributed by atoms with Crippen LogP contribution in [0.1, 0.15) is 134 Å². The van der Waals surface area contributed by atoms with E-state index < -0.39 is 303 Å². The van der Waals surface area contributed by atoms with Crippen molar-refractivity contribution in [3.8, 4) is 62.9 Å². The lowest BCUT2D eigenvalue weighted by Gasteiger charge is -2.46. The van der Waals surface area contributed by atoms with Crippen molar-refractivity contribution in [3.63, 3.8) is 0 Å². The lowest BCUT2D eigenvalue weighted by Crippen LogP contribution is -2.65. The molecule has 8 aromatic rings. The third-order valence-corrected chi connectivity index (χ3v) is 25.5. The molecule has 0 radical (unpaired) electrons. The molecule has 51 heteroatoms. The largest absolute Gasteiger partial charge is 0.573 e. The molecule has 3 fully saturated rings. The van der Waals surface area contributed by atoms with Gasteiger partial charge in [-0.3, -0.25) is 47.9 Å². The number of carboxylic acid groups (broad SMARTS) is 1. The first-order valence-electron chi connectivity index (χ1n) is 45.8. The highest BCUT2D eigenvalue weighted by Gasteiger charge is 2.53. The number of carbonyl (C=O) groups excluding carboxylic acids is 8. The van der Waals surface area contributed by atoms with Crippen molar-refractivity contribution in [3.05, 3.63) is 199 Å². The number of likely N-dealkylation sites (N-methyl/N-ethyl adjacent to an activating group) is 1. The molecule has 0 aliphatic carbocycles. The van der Waals surface area contributed by atoms with Crippen molar-refractivity contribution in [1.29, 1.82) is 0 Å². The van der Waals surface area contributed by atoms with E-state index in [0.717, 1.165) is 82.9 Å². The van der Waals surface area contributed by atoms with Crippen molar-refractivity contribution >= 4 is 82.7 Å². The minimum absolute atomic E-state index is 0.0407. The van der Waals surface area contributed by atoms with Crippen molar-refractivity contribution < 1.29 is 160 Å². The number of anilines is 1. The van der Waals surface area contributed by atoms with Gasteiger partial charge in [-0.05, 0) is 178 Å². The fourth-order valence-electron chi connectivity index (χ4n) is 17.2. The highest BCUT2D eigenvalue weighted by atomic mass is 35.5. The third kappa shape index (κ3) is 26.3. The van der Waals surface area contributed by atoms with Crippen LogP contribution in [0.15, 0.2) is 139 Å². The van der Waals surface area contributed by atoms with Crippen molar-refractivity contribution in [2.45, 2.75) is 220 Å². The number of benzene rings is 6. The zero-order valence-electron chi connectivity index (χ0n) is 78.6. The number of ether oxygens (including phenoxy) is 9. The summed E-state index contributed by atoms with van der Waals surface area (Å²) in [6, 6.07) is 8.19. The minimum Gasteiger partial charge on any atom is -0.507 e. The van der Waals surface area contributed by atoms with Gasteiger partial charge in [-0.1, -0.05) is 55.2 Å². The van der Waals surface area contributed by atoms with Gasteiger partial charge in [-0.25, -0.2) is 9.59 Å². The number of fused-ring (bicyclic) bond motifs is 16. The molecule has 3 saturated heterocycles. The number of primary amides is 1. The Bertz CT molecular complexity index is 6150. The van der Waals surface area contributed by atoms with E-state index in [1.807, 2.05) is 0 Å². The Hall–Kier alpha value is -13.1. The predicted octanol–water partition coefficient (Wildman–Crippen LogP) is 1.30. The first-order chi connectivity index (χ1) is 69.2. The number of nitrogens with two attached hydrogens (primary N) is 2. The van der Waals surface area contributed by atoms with Crippen LogP contribution in [0.25, 0.3) is 11.1 Å². The highest BCUT2D eigenvalue weighted by molar-refractivity contribution is 6.32. The number of rotatable bonds is 30. The Morgan fingerprint density at radius 3 is 1.98 bits per heavy atom. The van der Waals surface area contributed by atoms with Crippen LogP contribution < -0.4 is 89.3 Å². The topological polar surface area (TPSA) is 700 Å². The summed E-state index contributed by atoms with van der Waals surface area (Å²) in [4.78, 5) is 152. The number of amides is 8. The number of halogens is 5. The number of alkyl halides is 3. The maximum atomic E-state index is 16.2. The number of carboxylic acids is 1. The van der Waals surface area contributed by atoms with E-state index in [4.69, 9.17) is 72.6 Å². The number of aliphatic hydroxyl groups excluding tert-OH is 8. The standard InChI is InChI=1S/C95H110Cl2F3N15O31/c1-40(2)27-55(103-6)85(130)114-71-73(121)46-10-15-59(53(96)29-46)139-61-31-48-32-62(81(61)144-92-79(127)77(125)82(64(38-116)142-92)145-91-78(126)76(124)75(123)63(141-91)37-106-24-26-115-25-20-66(111-93(115)137)110-84(129)44-7-12-49(13-8-44)146-95(98,99)100)140-60-16-11-47(30-54(60)97)80(143-67-35-94(5,102)83(128)42(4)138-67)72(107-39-117)89(134)113-70(90(135)136)51-33-58(119)52(36-105-23-19-43-17-21-104-22-18-43)74(122)68(51)50-28-45(9-14-57(50)118)41(3)108-87(132)69(48)112-86(131)56(34-65(101)120)109-88(71)133/h7-18,20-22,25,28-33,39-42,55-56,63-64,67,69-73,75-80,82-83,91-92,103,105-106,116,118-119,121-128H,19,23-24,26-27,34-38,102H2,1-6H3,(H2,101,120)(H,107,117)(H,108,132)(H,109,133)(H,112,131)(H,113,134)(H,114,130)(H,135,136)(H,110,111,129,137)/t41-,42-,55+,56-,63+,64+,67?,69+,70+,71?,72-,73+,75-,76-,77+,78+,79+,80+,82+,83-,91-,92-,94-/m0/s1. The van der Waals surface area contributed by atoms with Gasteiger partial charge in [0, 0.05) is 79.0 Å². The Kier molecular flexibility index (Phi) is 35.9. The number of aromatic hydroxyl groups is 3. The molecule has 23 atom stereocenters. The zero-order chi connectivity index (χ0) is 106. The molecular formula is C95H110Cl2F3N15O31. The molecule has 9 heterocycles. The van der Waals surface area contributed by atoms with E-state index in [-0.39, 0.29) is 85.0 Å². The second-order valence-electron chi connectivity index (χ2n) is 36.0. The molecule has 7 aliphatic rings. The molecule has 15 rings (SSSR count). The summed E-state index contributed by atoms with van der Waals surface area (Å²) in [6.07, 6.45) is -30.5. The third-order valence-electron chi connectivity index (χ3n) is 24.9. The number of nitrogens with one attached hydrogen (secondary N) is 10. The van der Waals surface area contributed by atoms with Crippen LogP contribution in [0.3, 0.4) is 0 Å². The van der Waals surface area contributed by atoms with E-state index in [1.54, 1.807) is 38.4 Å². The van der Waals surface area contributed by atoms with Crippen LogP contribution in [0.4, 0.5) is 19.0 Å². The average molecular weight is 2090 g/mol. The van der Waals surface area contributed by atoms with Crippen molar-refractivity contribution in [2.24, 2.45) is 17.4 Å². The SMILES string of the molecule is CN[C@H](CC(C)C)C(=O)NC1C(=O)N[C@@H](CC(N)=O)C(=O)N[C@H]2C(=O)N[C@@H](C)c3ccc(O)c(c3)-c3c(cc(O)c(CNCCc4ccncc4)c3O)[C@H](C(=O)O)NC(=O)[C@@H](NC=O)[C@H](OC3C[C@](C)(N)[C@@H](O)[C@H](C)O3)c3ccc(c(Cl)c3)Oc3cc2cc(c3O[C@@H]2O[C@H](CO)[C@@H](O[C@@H]3O[C@H](CNCCn4ccc(NC(=O)c5ccc(OC(F)(F)F)cc5)nc4=O)[C@H](O)[C@H](O)[C@H]3O)[C@H](O)[C@H]2O)Oc2ccc(cc2Cl)[C@H]1O. The van der Waals surface area contributed by atoms with Gasteiger partial charge in [0.15, 0.2) is 30.1 Å². The zero-order valence-corrected chi connectivity index (χ0v) is 80.2. The smallest absolute Gasteiger partial charge is 0.507 e. The van der Waals surface area contributed by atoms with Gasteiger partial charge in [0.05, 0.1) is 52.9 Å². The summed E-state index contributed by atoms with van der Waals surface area (Å²) < 4.78 is 94.3. The number of aliphatic hydroxyl groups is 8. The molecular weight excluding hydrogens is 1980 g/mol. The average Bonchev–Trinajstić information content (AvgIpc) is 0.757. The van der Waals surface area contributed by atoms with E-state index in [2.05, 4.69) is 67.9 Å². The molecule has 6 aromatic carbocycles. The number of hydrogen-bond acceptors (Lipinski definition) is 36. The minimum atomic E-state index is -4.99. The molecule has 8 amide bonds. The quantitative estimate of drug-likeness (QED) is 0.0223. The maximum absolute atomic E-state index is 16.2. The molecule has 0 spiro atoms. The fourth-order valence-corrected chi connectivity index (χ4v) is 17.6. The number of hydrogen-bond donors (Lipinski definition) is 24. The van der Waals surface area contributed by atoms with Crippen LogP contribution in [-0.2, 0) is 81.6 Å². The summed E-state index contributed by atoms with van der Waals surface area (Å²) in [5.74, 6) is -16.8. The summed E-state index contributed by atoms with van der Waals surface area (Å²) in [5, 5.41) is 168. The van der Waals surface area contributed by atoms with E-state index >= 15 is 19.2 Å². The van der Waals surface area contributed by atoms with Gasteiger partial charge in [-0.2, -0.15) is 4.98 Å². The van der Waals surface area contributed by atoms with Crippen molar-refractivity contribution in [2.75, 3.05) is 38.6 Å². The number of pyridine rings is 1. The van der Waals surface area contributed by atoms with Crippen LogP contribution in [0.2, 0.25) is 10.0 Å². The summed E-state index contributed by atoms with van der Waals surface area (Å²) in [6.45, 7) is 5.83. The molecule has 2 unspecified atom stereocenters. The molecule has 46 nitrogen and oxygen atoms in total. The van der Waals surface area contributed by atoms with Crippen LogP contribution >= 0.6 is 23.2 Å². The number of phenolic OH excluding ortho intramolecular Hbond substituents is 3. The summed E-state index contributed by atoms with van der Waals surface area (Å²) >= 11 is 14.6. The monoisotopic (exact) mass is 2080 g/mol. The maximum Gasteiger partial charge on any atom is 0.573 e. The molecule has 0 saturated carbocycles. The fraction of sp³-hybridized carbons (Fsp3) is 0.432. The van der Waals surface area contributed by atoms with Gasteiger partial charge in [0.1, 0.15) is 126 Å². The summed E-state index contributed by atoms with van der Waals surface area (Å²) in [7, 11) is 1.46. The van der Waals surface area contributed by atoms with Gasteiger partial charge < -0.3 is 169 Å². The number of aliphatic carboxylic acids is 1. The second-order valence-corrected chi connectivity index (χ2v) is 36.8. The number of nitrogens with zero attached hydrogens (tertiary/aromatic N) is 3. The second kappa shape index (κ2) is 47.6. The molecule has 26 N–H and O–H groups in total. The molecule has 146 heavy (non-hydrogen) atoms. The Balaban J connectivity index is 0.920. The first kappa shape index (κ1) is 110. The van der Waals surface area contributed by atoms with Gasteiger partial charge in [0.25, 0.3) is 5.91 Å². The Labute approximate surface area is 838 Å². The lowest BCUT2D eigenvalue weighted by molar-refractivity contribution is -0.350. The van der Waals surface area contributed by atoms with Crippen molar-refractivity contribution in [1.82, 2.24) is 62.4 Å². The Morgan fingerprint density at radius 1 is 0.705 bits per heavy atom.